The van der Waals surface area contributed by atoms with Crippen LogP contribution in [0.15, 0.2) is 0 Å². The van der Waals surface area contributed by atoms with Crippen LogP contribution in [0.3, 0.4) is 0 Å². The normalized spacial score (nSPS) is 31.5. The molecule has 1 amide bonds. The van der Waals surface area contributed by atoms with E-state index in [-0.39, 0.29) is 24.8 Å². The van der Waals surface area contributed by atoms with Gasteiger partial charge in [-0.25, -0.2) is 4.79 Å². The van der Waals surface area contributed by atoms with Crippen LogP contribution in [0.2, 0.25) is 0 Å². The number of hydrogen-bond acceptors (Lipinski definition) is 3. The molecule has 1 aliphatic heterocycles. The number of aliphatic hydroxyl groups is 1. The molecule has 2 N–H and O–H groups in total. The zero-order valence-electron chi connectivity index (χ0n) is 9.30. The lowest BCUT2D eigenvalue weighted by Crippen LogP contribution is -2.43. The summed E-state index contributed by atoms with van der Waals surface area (Å²) in [5.41, 5.74) is 0. The Bertz CT molecular complexity index is 313. The smallest absolute Gasteiger partial charge is 0.326 e. The number of rotatable bonds is 3. The first kappa shape index (κ1) is 11.4. The van der Waals surface area contributed by atoms with Gasteiger partial charge in [0.05, 0.1) is 6.10 Å². The van der Waals surface area contributed by atoms with E-state index in [1.165, 1.54) is 4.90 Å². The standard InChI is InChI=1S/C11H17NO4/c1-6(7-2-3-7)10(14)12-5-8(13)4-9(12)11(15)16/h6-9,13H,2-5H2,1H3,(H,15,16)/t6?,8?,9-/m0/s1. The molecule has 1 aliphatic carbocycles. The average Bonchev–Trinajstić information content (AvgIpc) is 2.99. The maximum Gasteiger partial charge on any atom is 0.326 e. The van der Waals surface area contributed by atoms with Gasteiger partial charge in [-0.05, 0) is 18.8 Å². The first-order valence-electron chi connectivity index (χ1n) is 5.72. The van der Waals surface area contributed by atoms with E-state index < -0.39 is 18.1 Å². The molecule has 2 fully saturated rings. The molecule has 0 bridgehead atoms. The van der Waals surface area contributed by atoms with Crippen molar-refractivity contribution in [3.63, 3.8) is 0 Å². The molecule has 1 saturated heterocycles. The summed E-state index contributed by atoms with van der Waals surface area (Å²) in [6.45, 7) is 2.01. The average molecular weight is 227 g/mol. The van der Waals surface area contributed by atoms with E-state index in [0.29, 0.717) is 5.92 Å². The Morgan fingerprint density at radius 2 is 2.00 bits per heavy atom. The molecular weight excluding hydrogens is 210 g/mol. The van der Waals surface area contributed by atoms with E-state index in [1.807, 2.05) is 6.92 Å². The number of carbonyl (C=O) groups excluding carboxylic acids is 1. The molecule has 0 aromatic carbocycles. The minimum absolute atomic E-state index is 0.104. The van der Waals surface area contributed by atoms with Gasteiger partial charge in [-0.15, -0.1) is 0 Å². The summed E-state index contributed by atoms with van der Waals surface area (Å²) >= 11 is 0. The van der Waals surface area contributed by atoms with Crippen molar-refractivity contribution >= 4 is 11.9 Å². The van der Waals surface area contributed by atoms with Crippen LogP contribution in [0.1, 0.15) is 26.2 Å². The maximum atomic E-state index is 12.0. The molecular formula is C11H17NO4. The molecule has 1 saturated carbocycles. The Hall–Kier alpha value is -1.10. The molecule has 2 rings (SSSR count). The van der Waals surface area contributed by atoms with Crippen LogP contribution in [0.4, 0.5) is 0 Å². The Morgan fingerprint density at radius 3 is 2.50 bits per heavy atom. The fraction of sp³-hybridized carbons (Fsp3) is 0.818. The highest BCUT2D eigenvalue weighted by molar-refractivity contribution is 5.86. The van der Waals surface area contributed by atoms with Gasteiger partial charge in [-0.1, -0.05) is 6.92 Å². The molecule has 16 heavy (non-hydrogen) atoms. The number of aliphatic hydroxyl groups excluding tert-OH is 1. The second kappa shape index (κ2) is 4.05. The summed E-state index contributed by atoms with van der Waals surface area (Å²) in [4.78, 5) is 24.3. The minimum atomic E-state index is -1.02. The fourth-order valence-corrected chi connectivity index (χ4v) is 2.35. The first-order valence-corrected chi connectivity index (χ1v) is 5.72. The summed E-state index contributed by atoms with van der Waals surface area (Å²) in [6, 6.07) is -0.844. The van der Waals surface area contributed by atoms with Crippen molar-refractivity contribution in [3.8, 4) is 0 Å². The number of amides is 1. The summed E-state index contributed by atoms with van der Waals surface area (Å²) in [5.74, 6) is -0.828. The Kier molecular flexibility index (Phi) is 2.88. The molecule has 2 aliphatic rings. The number of aliphatic carboxylic acids is 1. The predicted molar refractivity (Wildman–Crippen MR) is 55.6 cm³/mol. The van der Waals surface area contributed by atoms with Gasteiger partial charge < -0.3 is 15.1 Å². The second-order valence-electron chi connectivity index (χ2n) is 4.86. The monoisotopic (exact) mass is 227 g/mol. The van der Waals surface area contributed by atoms with Gasteiger partial charge in [0.2, 0.25) is 5.91 Å². The maximum absolute atomic E-state index is 12.0. The molecule has 0 aromatic heterocycles. The highest BCUT2D eigenvalue weighted by Crippen LogP contribution is 2.38. The van der Waals surface area contributed by atoms with E-state index in [4.69, 9.17) is 5.11 Å². The molecule has 0 spiro atoms. The number of carboxylic acids is 1. The lowest BCUT2D eigenvalue weighted by Gasteiger charge is -2.24. The van der Waals surface area contributed by atoms with Gasteiger partial charge in [0, 0.05) is 18.9 Å². The van der Waals surface area contributed by atoms with Crippen LogP contribution in [-0.4, -0.2) is 45.7 Å². The number of carboxylic acid groups (broad SMARTS) is 1. The highest BCUT2D eigenvalue weighted by atomic mass is 16.4. The van der Waals surface area contributed by atoms with Gasteiger partial charge in [-0.3, -0.25) is 4.79 Å². The van der Waals surface area contributed by atoms with Crippen LogP contribution in [0.25, 0.3) is 0 Å². The van der Waals surface area contributed by atoms with Crippen LogP contribution in [-0.2, 0) is 9.59 Å². The van der Waals surface area contributed by atoms with Crippen molar-refractivity contribution in [3.05, 3.63) is 0 Å². The van der Waals surface area contributed by atoms with Gasteiger partial charge in [-0.2, -0.15) is 0 Å². The number of hydrogen-bond donors (Lipinski definition) is 2. The molecule has 3 atom stereocenters. The van der Waals surface area contributed by atoms with E-state index in [2.05, 4.69) is 0 Å². The molecule has 0 aromatic rings. The van der Waals surface area contributed by atoms with Gasteiger partial charge in [0.1, 0.15) is 6.04 Å². The number of nitrogens with zero attached hydrogens (tertiary/aromatic N) is 1. The zero-order chi connectivity index (χ0) is 11.9. The summed E-state index contributed by atoms with van der Waals surface area (Å²) in [7, 11) is 0. The predicted octanol–water partition coefficient (Wildman–Crippen LogP) is 0.0789. The van der Waals surface area contributed by atoms with Crippen molar-refractivity contribution < 1.29 is 19.8 Å². The van der Waals surface area contributed by atoms with E-state index >= 15 is 0 Å². The SMILES string of the molecule is CC(C(=O)N1CC(O)C[C@H]1C(=O)O)C1CC1. The third kappa shape index (κ3) is 2.04. The number of likely N-dealkylation sites (tertiary alicyclic amines) is 1. The van der Waals surface area contributed by atoms with Crippen LogP contribution in [0, 0.1) is 11.8 Å². The summed E-state index contributed by atoms with van der Waals surface area (Å²) in [6.07, 6.45) is 1.57. The second-order valence-corrected chi connectivity index (χ2v) is 4.86. The molecule has 2 unspecified atom stereocenters. The molecule has 0 radical (unpaired) electrons. The zero-order valence-corrected chi connectivity index (χ0v) is 9.30. The Morgan fingerprint density at radius 1 is 1.38 bits per heavy atom. The van der Waals surface area contributed by atoms with Crippen molar-refractivity contribution in [1.29, 1.82) is 0 Å². The Balaban J connectivity index is 2.06. The molecule has 5 heteroatoms. The fourth-order valence-electron chi connectivity index (χ4n) is 2.35. The lowest BCUT2D eigenvalue weighted by molar-refractivity contribution is -0.150. The minimum Gasteiger partial charge on any atom is -0.480 e. The number of β-amino-alcohol motifs (C(OH)–C–C–N with tert-alkyl or cyclic N) is 1. The largest absolute Gasteiger partial charge is 0.480 e. The van der Waals surface area contributed by atoms with Crippen LogP contribution < -0.4 is 0 Å². The quantitative estimate of drug-likeness (QED) is 0.715. The number of carbonyl (C=O) groups is 2. The van der Waals surface area contributed by atoms with Crippen molar-refractivity contribution in [2.24, 2.45) is 11.8 Å². The third-order valence-corrected chi connectivity index (χ3v) is 3.57. The van der Waals surface area contributed by atoms with E-state index in [0.717, 1.165) is 12.8 Å². The third-order valence-electron chi connectivity index (χ3n) is 3.57. The first-order chi connectivity index (χ1) is 7.50. The van der Waals surface area contributed by atoms with Crippen molar-refractivity contribution in [1.82, 2.24) is 4.90 Å². The molecule has 5 nitrogen and oxygen atoms in total. The molecule has 1 heterocycles. The van der Waals surface area contributed by atoms with E-state index in [9.17, 15) is 14.7 Å². The van der Waals surface area contributed by atoms with Gasteiger partial charge in [0.15, 0.2) is 0 Å². The van der Waals surface area contributed by atoms with Crippen molar-refractivity contribution in [2.75, 3.05) is 6.54 Å². The summed E-state index contributed by atoms with van der Waals surface area (Å²) in [5, 5.41) is 18.4. The van der Waals surface area contributed by atoms with Gasteiger partial charge >= 0.3 is 5.97 Å². The van der Waals surface area contributed by atoms with Crippen LogP contribution in [0.5, 0.6) is 0 Å². The topological polar surface area (TPSA) is 77.8 Å². The highest BCUT2D eigenvalue weighted by Gasteiger charge is 2.43. The van der Waals surface area contributed by atoms with Crippen LogP contribution >= 0.6 is 0 Å². The van der Waals surface area contributed by atoms with E-state index in [1.54, 1.807) is 0 Å². The summed E-state index contributed by atoms with van der Waals surface area (Å²) < 4.78 is 0. The van der Waals surface area contributed by atoms with Crippen molar-refractivity contribution in [2.45, 2.75) is 38.3 Å². The molecule has 90 valence electrons. The van der Waals surface area contributed by atoms with Gasteiger partial charge in [0.25, 0.3) is 0 Å². The Labute approximate surface area is 94.0 Å². The lowest BCUT2D eigenvalue weighted by atomic mass is 10.0.